The zero-order valence-electron chi connectivity index (χ0n) is 19.7. The summed E-state index contributed by atoms with van der Waals surface area (Å²) in [5, 5.41) is 0. The van der Waals surface area contributed by atoms with Crippen molar-refractivity contribution in [3.63, 3.8) is 0 Å². The fraction of sp³-hybridized carbons (Fsp3) is 0.478. The lowest BCUT2D eigenvalue weighted by atomic mass is 9.96. The van der Waals surface area contributed by atoms with Crippen LogP contribution in [-0.2, 0) is 18.9 Å². The van der Waals surface area contributed by atoms with Gasteiger partial charge in [0.15, 0.2) is 36.6 Å². The molecule has 0 N–H and O–H groups in total. The molecular formula is C23H30O10. The first-order valence-electron chi connectivity index (χ1n) is 10.1. The lowest BCUT2D eigenvalue weighted by molar-refractivity contribution is 0.0251. The molecule has 1 fully saturated rings. The van der Waals surface area contributed by atoms with Crippen molar-refractivity contribution in [2.45, 2.75) is 12.2 Å². The quantitative estimate of drug-likeness (QED) is 0.433. The molecule has 33 heavy (non-hydrogen) atoms. The fourth-order valence-electron chi connectivity index (χ4n) is 3.62. The molecule has 0 aliphatic carbocycles. The van der Waals surface area contributed by atoms with Crippen LogP contribution in [0.4, 0.5) is 0 Å². The maximum Gasteiger partial charge on any atom is 0.206 e. The molecule has 0 amide bonds. The third-order valence-electron chi connectivity index (χ3n) is 5.06. The highest BCUT2D eigenvalue weighted by Crippen LogP contribution is 2.51. The van der Waals surface area contributed by atoms with Crippen molar-refractivity contribution in [1.29, 1.82) is 0 Å². The summed E-state index contributed by atoms with van der Waals surface area (Å²) in [6.07, 6.45) is -1.03. The van der Waals surface area contributed by atoms with Crippen molar-refractivity contribution in [2.24, 2.45) is 0 Å². The molecular weight excluding hydrogens is 436 g/mol. The van der Waals surface area contributed by atoms with Gasteiger partial charge >= 0.3 is 0 Å². The first-order chi connectivity index (χ1) is 16.1. The monoisotopic (exact) mass is 466 g/mol. The maximum atomic E-state index is 5.98. The highest BCUT2D eigenvalue weighted by atomic mass is 16.7. The molecule has 10 nitrogen and oxygen atoms in total. The van der Waals surface area contributed by atoms with Gasteiger partial charge in [-0.2, -0.15) is 0 Å². The van der Waals surface area contributed by atoms with Gasteiger partial charge < -0.3 is 47.4 Å². The molecule has 1 aliphatic heterocycles. The molecule has 2 atom stereocenters. The van der Waals surface area contributed by atoms with Crippen molar-refractivity contribution < 1.29 is 47.4 Å². The van der Waals surface area contributed by atoms with Gasteiger partial charge in [0, 0.05) is 19.8 Å². The molecule has 0 spiro atoms. The zero-order valence-corrected chi connectivity index (χ0v) is 19.7. The number of hydrogen-bond donors (Lipinski definition) is 0. The van der Waals surface area contributed by atoms with Gasteiger partial charge in [-0.1, -0.05) is 0 Å². The summed E-state index contributed by atoms with van der Waals surface area (Å²) in [6.45, 7) is 0.0728. The van der Waals surface area contributed by atoms with E-state index in [1.54, 1.807) is 34.5 Å². The highest BCUT2D eigenvalue weighted by Gasteiger charge is 2.37. The van der Waals surface area contributed by atoms with Crippen LogP contribution in [-0.4, -0.2) is 63.0 Å². The minimum Gasteiger partial charge on any atom is -0.493 e. The summed E-state index contributed by atoms with van der Waals surface area (Å²) in [5.74, 6) is 2.76. The Balaban J connectivity index is 2.08. The largest absolute Gasteiger partial charge is 0.493 e. The van der Waals surface area contributed by atoms with E-state index >= 15 is 0 Å². The summed E-state index contributed by atoms with van der Waals surface area (Å²) in [6, 6.07) is 7.27. The van der Waals surface area contributed by atoms with E-state index in [9.17, 15) is 0 Å². The Kier molecular flexibility index (Phi) is 8.84. The lowest BCUT2D eigenvalue weighted by Crippen LogP contribution is -2.13. The molecule has 182 valence electrons. The predicted molar refractivity (Wildman–Crippen MR) is 117 cm³/mol. The van der Waals surface area contributed by atoms with Gasteiger partial charge in [-0.25, -0.2) is 0 Å². The van der Waals surface area contributed by atoms with Crippen molar-refractivity contribution >= 4 is 0 Å². The van der Waals surface area contributed by atoms with Crippen LogP contribution in [0, 0.1) is 0 Å². The Morgan fingerprint density at radius 1 is 0.667 bits per heavy atom. The SMILES string of the molecule is COCOc1c(OC)ccc([C@H]2OCO[C@@H]2c2cc(OC)c(OC)c(OC)c2)c1OCOC. The third-order valence-corrected chi connectivity index (χ3v) is 5.06. The van der Waals surface area contributed by atoms with Crippen molar-refractivity contribution in [3.8, 4) is 34.5 Å². The first kappa shape index (κ1) is 24.7. The minimum absolute atomic E-state index is 0.00147. The number of benzene rings is 2. The van der Waals surface area contributed by atoms with Gasteiger partial charge in [0.1, 0.15) is 19.0 Å². The van der Waals surface area contributed by atoms with Crippen molar-refractivity contribution in [2.75, 3.05) is 63.0 Å². The zero-order chi connectivity index (χ0) is 23.8. The Hall–Kier alpha value is -2.92. The van der Waals surface area contributed by atoms with Crippen LogP contribution in [0.2, 0.25) is 0 Å². The molecule has 0 bridgehead atoms. The topological polar surface area (TPSA) is 92.3 Å². The Morgan fingerprint density at radius 2 is 1.24 bits per heavy atom. The third kappa shape index (κ3) is 5.19. The van der Waals surface area contributed by atoms with Crippen LogP contribution >= 0.6 is 0 Å². The number of methoxy groups -OCH3 is 6. The number of ether oxygens (including phenoxy) is 10. The molecule has 1 heterocycles. The van der Waals surface area contributed by atoms with E-state index in [0.29, 0.717) is 40.1 Å². The average molecular weight is 466 g/mol. The summed E-state index contributed by atoms with van der Waals surface area (Å²) in [4.78, 5) is 0. The van der Waals surface area contributed by atoms with E-state index < -0.39 is 12.2 Å². The molecule has 0 aromatic heterocycles. The van der Waals surface area contributed by atoms with Crippen molar-refractivity contribution in [1.82, 2.24) is 0 Å². The minimum atomic E-state index is -0.532. The van der Waals surface area contributed by atoms with Gasteiger partial charge in [-0.3, -0.25) is 0 Å². The molecule has 1 saturated heterocycles. The van der Waals surface area contributed by atoms with E-state index in [0.717, 1.165) is 5.56 Å². The van der Waals surface area contributed by atoms with Crippen LogP contribution in [0.25, 0.3) is 0 Å². The van der Waals surface area contributed by atoms with Crippen LogP contribution in [0.5, 0.6) is 34.5 Å². The normalized spacial score (nSPS) is 17.5. The van der Waals surface area contributed by atoms with Crippen LogP contribution < -0.4 is 28.4 Å². The van der Waals surface area contributed by atoms with Gasteiger partial charge in [0.25, 0.3) is 0 Å². The molecule has 0 saturated carbocycles. The summed E-state index contributed by atoms with van der Waals surface area (Å²) < 4.78 is 55.7. The Bertz CT molecular complexity index is 891. The molecule has 3 rings (SSSR count). The van der Waals surface area contributed by atoms with Gasteiger partial charge in [0.05, 0.1) is 28.4 Å². The molecule has 0 radical (unpaired) electrons. The summed E-state index contributed by atoms with van der Waals surface area (Å²) in [5.41, 5.74) is 1.47. The standard InChI is InChI=1S/C23H30O10/c1-24-11-30-21-15(7-8-16(26-3)23(21)31-12-25-2)20-19(32-13-33-20)14-9-17(27-4)22(29-6)18(10-14)28-5/h7-10,19-20H,11-13H2,1-6H3/t19-,20-/m1/s1. The van der Waals surface area contributed by atoms with Gasteiger partial charge in [-0.05, 0) is 29.8 Å². The van der Waals surface area contributed by atoms with E-state index in [2.05, 4.69) is 0 Å². The molecule has 1 aliphatic rings. The van der Waals surface area contributed by atoms with Crippen LogP contribution in [0.1, 0.15) is 23.3 Å². The second-order valence-corrected chi connectivity index (χ2v) is 6.87. The second kappa shape index (κ2) is 11.8. The Labute approximate surface area is 193 Å². The van der Waals surface area contributed by atoms with E-state index in [-0.39, 0.29) is 20.4 Å². The van der Waals surface area contributed by atoms with E-state index in [1.165, 1.54) is 14.2 Å². The average Bonchev–Trinajstić information content (AvgIpc) is 3.34. The van der Waals surface area contributed by atoms with Crippen LogP contribution in [0.3, 0.4) is 0 Å². The van der Waals surface area contributed by atoms with Gasteiger partial charge in [-0.15, -0.1) is 0 Å². The lowest BCUT2D eigenvalue weighted by Gasteiger charge is -2.24. The summed E-state index contributed by atoms with van der Waals surface area (Å²) in [7, 11) is 9.27. The maximum absolute atomic E-state index is 5.98. The van der Waals surface area contributed by atoms with Crippen molar-refractivity contribution in [3.05, 3.63) is 35.4 Å². The smallest absolute Gasteiger partial charge is 0.206 e. The highest BCUT2D eigenvalue weighted by molar-refractivity contribution is 5.58. The number of hydrogen-bond acceptors (Lipinski definition) is 10. The fourth-order valence-corrected chi connectivity index (χ4v) is 3.62. The van der Waals surface area contributed by atoms with Gasteiger partial charge in [0.2, 0.25) is 11.5 Å². The molecule has 10 heteroatoms. The predicted octanol–water partition coefficient (Wildman–Crippen LogP) is 3.47. The van der Waals surface area contributed by atoms with Crippen LogP contribution in [0.15, 0.2) is 24.3 Å². The van der Waals surface area contributed by atoms with E-state index in [4.69, 9.17) is 47.4 Å². The van der Waals surface area contributed by atoms with E-state index in [1.807, 2.05) is 18.2 Å². The second-order valence-electron chi connectivity index (χ2n) is 6.87. The number of rotatable bonds is 12. The summed E-state index contributed by atoms with van der Waals surface area (Å²) >= 11 is 0. The molecule has 0 unspecified atom stereocenters. The molecule has 2 aromatic rings. The Morgan fingerprint density at radius 3 is 1.79 bits per heavy atom. The first-order valence-corrected chi connectivity index (χ1v) is 10.1. The molecule has 2 aromatic carbocycles.